The Bertz CT molecular complexity index is 487. The third-order valence-electron chi connectivity index (χ3n) is 3.46. The van der Waals surface area contributed by atoms with Gasteiger partial charge in [-0.3, -0.25) is 14.7 Å². The van der Waals surface area contributed by atoms with Crippen LogP contribution in [-0.4, -0.2) is 46.9 Å². The number of pyridine rings is 1. The van der Waals surface area contributed by atoms with Crippen LogP contribution >= 0.6 is 0 Å². The molecule has 7 heteroatoms. The van der Waals surface area contributed by atoms with Crippen LogP contribution in [0.5, 0.6) is 0 Å². The van der Waals surface area contributed by atoms with Gasteiger partial charge in [0, 0.05) is 32.4 Å². The molecule has 0 N–H and O–H groups in total. The summed E-state index contributed by atoms with van der Waals surface area (Å²) < 4.78 is 37.2. The van der Waals surface area contributed by atoms with Gasteiger partial charge in [-0.15, -0.1) is 0 Å². The molecule has 1 aliphatic rings. The third kappa shape index (κ3) is 3.27. The van der Waals surface area contributed by atoms with Crippen molar-refractivity contribution < 1.29 is 18.0 Å². The van der Waals surface area contributed by atoms with Crippen LogP contribution in [0.2, 0.25) is 0 Å². The quantitative estimate of drug-likeness (QED) is 0.831. The second-order valence-electron chi connectivity index (χ2n) is 5.07. The summed E-state index contributed by atoms with van der Waals surface area (Å²) in [6.07, 6.45) is -3.20. The molecule has 1 fully saturated rings. The lowest BCUT2D eigenvalue weighted by atomic mass is 10.1. The number of nitrogens with zero attached hydrogens (tertiary/aromatic N) is 3. The molecule has 1 aromatic rings. The fourth-order valence-corrected chi connectivity index (χ4v) is 2.17. The molecule has 1 aromatic heterocycles. The van der Waals surface area contributed by atoms with Crippen LogP contribution in [0.3, 0.4) is 0 Å². The van der Waals surface area contributed by atoms with Crippen molar-refractivity contribution in [2.24, 2.45) is 0 Å². The Balaban J connectivity index is 2.02. The van der Waals surface area contributed by atoms with Gasteiger partial charge in [0.15, 0.2) is 0 Å². The second kappa shape index (κ2) is 5.40. The molecule has 0 aromatic carbocycles. The average Bonchev–Trinajstić information content (AvgIpc) is 2.35. The Hall–Kier alpha value is -1.63. The van der Waals surface area contributed by atoms with E-state index in [0.717, 1.165) is 6.07 Å². The predicted octanol–water partition coefficient (Wildman–Crippen LogP) is 1.76. The van der Waals surface area contributed by atoms with Gasteiger partial charge >= 0.3 is 6.18 Å². The predicted molar refractivity (Wildman–Crippen MR) is 66.7 cm³/mol. The van der Waals surface area contributed by atoms with Gasteiger partial charge in [0.2, 0.25) is 5.91 Å². The number of aromatic nitrogens is 1. The van der Waals surface area contributed by atoms with Crippen molar-refractivity contribution in [3.63, 3.8) is 0 Å². The Morgan fingerprint density at radius 3 is 2.60 bits per heavy atom. The Labute approximate surface area is 115 Å². The minimum atomic E-state index is -4.42. The zero-order valence-electron chi connectivity index (χ0n) is 11.3. The highest BCUT2D eigenvalue weighted by atomic mass is 19.4. The van der Waals surface area contributed by atoms with Gasteiger partial charge < -0.3 is 4.90 Å². The van der Waals surface area contributed by atoms with Crippen LogP contribution in [0.25, 0.3) is 0 Å². The van der Waals surface area contributed by atoms with Crippen LogP contribution in [0, 0.1) is 0 Å². The number of halogens is 3. The number of rotatable bonds is 2. The SMILES string of the molecule is C[C@H]1CN(Cc2ccc(C(F)(F)F)nc2)CC(=O)N1C. The standard InChI is InChI=1S/C13H16F3N3O/c1-9-6-19(8-12(20)18(9)2)7-10-3-4-11(17-5-10)13(14,15)16/h3-5,9H,6-8H2,1-2H3/t9-/m0/s1. The van der Waals surface area contributed by atoms with E-state index in [9.17, 15) is 18.0 Å². The van der Waals surface area contributed by atoms with E-state index in [1.807, 2.05) is 11.8 Å². The highest BCUT2D eigenvalue weighted by Crippen LogP contribution is 2.27. The number of carbonyl (C=O) groups is 1. The van der Waals surface area contributed by atoms with Crippen molar-refractivity contribution in [3.05, 3.63) is 29.6 Å². The van der Waals surface area contributed by atoms with E-state index in [1.165, 1.54) is 12.3 Å². The lowest BCUT2D eigenvalue weighted by molar-refractivity contribution is -0.141. The van der Waals surface area contributed by atoms with Crippen LogP contribution in [-0.2, 0) is 17.5 Å². The molecule has 0 unspecified atom stereocenters. The summed E-state index contributed by atoms with van der Waals surface area (Å²) in [7, 11) is 1.75. The average molecular weight is 287 g/mol. The van der Waals surface area contributed by atoms with Crippen molar-refractivity contribution in [2.75, 3.05) is 20.1 Å². The van der Waals surface area contributed by atoms with Crippen LogP contribution in [0.4, 0.5) is 13.2 Å². The summed E-state index contributed by atoms with van der Waals surface area (Å²) >= 11 is 0. The number of carbonyl (C=O) groups excluding carboxylic acids is 1. The van der Waals surface area contributed by atoms with E-state index in [4.69, 9.17) is 0 Å². The van der Waals surface area contributed by atoms with Gasteiger partial charge in [0.05, 0.1) is 6.54 Å². The molecule has 0 aliphatic carbocycles. The molecule has 0 bridgehead atoms. The Morgan fingerprint density at radius 2 is 2.10 bits per heavy atom. The van der Waals surface area contributed by atoms with E-state index >= 15 is 0 Å². The first kappa shape index (κ1) is 14.8. The summed E-state index contributed by atoms with van der Waals surface area (Å²) in [5, 5.41) is 0. The summed E-state index contributed by atoms with van der Waals surface area (Å²) in [4.78, 5) is 18.7. The number of likely N-dealkylation sites (N-methyl/N-ethyl adjacent to an activating group) is 1. The lowest BCUT2D eigenvalue weighted by Crippen LogP contribution is -2.53. The zero-order chi connectivity index (χ0) is 14.9. The van der Waals surface area contributed by atoms with Gasteiger partial charge in [-0.05, 0) is 18.6 Å². The molecule has 0 radical (unpaired) electrons. The second-order valence-corrected chi connectivity index (χ2v) is 5.07. The molecule has 1 amide bonds. The van der Waals surface area contributed by atoms with Crippen molar-refractivity contribution >= 4 is 5.91 Å². The van der Waals surface area contributed by atoms with E-state index < -0.39 is 11.9 Å². The molecule has 2 heterocycles. The molecule has 1 aliphatic heterocycles. The topological polar surface area (TPSA) is 36.4 Å². The summed E-state index contributed by atoms with van der Waals surface area (Å²) in [6, 6.07) is 2.47. The van der Waals surface area contributed by atoms with Crippen molar-refractivity contribution in [2.45, 2.75) is 25.7 Å². The number of alkyl halides is 3. The van der Waals surface area contributed by atoms with Crippen molar-refractivity contribution in [1.29, 1.82) is 0 Å². The van der Waals surface area contributed by atoms with Gasteiger partial charge in [0.25, 0.3) is 0 Å². The first-order valence-corrected chi connectivity index (χ1v) is 6.27. The molecule has 0 saturated carbocycles. The minimum Gasteiger partial charge on any atom is -0.341 e. The molecule has 1 atom stereocenters. The Kier molecular flexibility index (Phi) is 3.99. The fraction of sp³-hybridized carbons (Fsp3) is 0.538. The maximum Gasteiger partial charge on any atom is 0.433 e. The molecule has 110 valence electrons. The van der Waals surface area contributed by atoms with E-state index in [0.29, 0.717) is 18.7 Å². The lowest BCUT2D eigenvalue weighted by Gasteiger charge is -2.37. The van der Waals surface area contributed by atoms with Gasteiger partial charge in [0.1, 0.15) is 5.69 Å². The number of hydrogen-bond acceptors (Lipinski definition) is 3. The van der Waals surface area contributed by atoms with Crippen LogP contribution in [0.1, 0.15) is 18.2 Å². The molecule has 0 spiro atoms. The Morgan fingerprint density at radius 1 is 1.40 bits per heavy atom. The van der Waals surface area contributed by atoms with E-state index in [2.05, 4.69) is 4.98 Å². The normalized spacial score (nSPS) is 21.4. The van der Waals surface area contributed by atoms with E-state index in [-0.39, 0.29) is 18.5 Å². The summed E-state index contributed by atoms with van der Waals surface area (Å²) in [5.41, 5.74) is -0.230. The first-order valence-electron chi connectivity index (χ1n) is 6.27. The minimum absolute atomic E-state index is 0.0172. The van der Waals surface area contributed by atoms with Crippen molar-refractivity contribution in [3.8, 4) is 0 Å². The van der Waals surface area contributed by atoms with Gasteiger partial charge in [-0.25, -0.2) is 0 Å². The first-order chi connectivity index (χ1) is 9.27. The summed E-state index contributed by atoms with van der Waals surface area (Å²) in [6.45, 7) is 3.34. The maximum absolute atomic E-state index is 12.4. The number of amides is 1. The molecular formula is C13H16F3N3O. The fourth-order valence-electron chi connectivity index (χ4n) is 2.17. The highest BCUT2D eigenvalue weighted by molar-refractivity contribution is 5.79. The van der Waals surface area contributed by atoms with Crippen LogP contribution in [0.15, 0.2) is 18.3 Å². The summed E-state index contributed by atoms with van der Waals surface area (Å²) in [5.74, 6) is 0.0172. The molecular weight excluding hydrogens is 271 g/mol. The molecule has 20 heavy (non-hydrogen) atoms. The smallest absolute Gasteiger partial charge is 0.341 e. The molecule has 2 rings (SSSR count). The number of hydrogen-bond donors (Lipinski definition) is 0. The van der Waals surface area contributed by atoms with Crippen molar-refractivity contribution in [1.82, 2.24) is 14.8 Å². The van der Waals surface area contributed by atoms with Gasteiger partial charge in [-0.2, -0.15) is 13.2 Å². The van der Waals surface area contributed by atoms with E-state index in [1.54, 1.807) is 11.9 Å². The van der Waals surface area contributed by atoms with Gasteiger partial charge in [-0.1, -0.05) is 6.07 Å². The third-order valence-corrected chi connectivity index (χ3v) is 3.46. The molecule has 4 nitrogen and oxygen atoms in total. The monoisotopic (exact) mass is 287 g/mol. The number of piperazine rings is 1. The largest absolute Gasteiger partial charge is 0.433 e. The molecule has 1 saturated heterocycles. The highest BCUT2D eigenvalue weighted by Gasteiger charge is 2.32. The zero-order valence-corrected chi connectivity index (χ0v) is 11.3. The van der Waals surface area contributed by atoms with Crippen LogP contribution < -0.4 is 0 Å². The maximum atomic E-state index is 12.4.